The molecule has 4 rings (SSSR count). The highest BCUT2D eigenvalue weighted by atomic mass is 32.1. The normalized spacial score (nSPS) is 11.9. The summed E-state index contributed by atoms with van der Waals surface area (Å²) in [7, 11) is 3.55. The second-order valence-corrected chi connectivity index (χ2v) is 8.45. The Kier molecular flexibility index (Phi) is 4.26. The van der Waals surface area contributed by atoms with Gasteiger partial charge in [-0.3, -0.25) is 13.9 Å². The van der Waals surface area contributed by atoms with Crippen LogP contribution in [0.15, 0.2) is 39.9 Å². The zero-order valence-electron chi connectivity index (χ0n) is 15.9. The van der Waals surface area contributed by atoms with Gasteiger partial charge in [-0.05, 0) is 24.1 Å². The van der Waals surface area contributed by atoms with Crippen molar-refractivity contribution in [3.8, 4) is 0 Å². The van der Waals surface area contributed by atoms with Gasteiger partial charge in [-0.15, -0.1) is 11.3 Å². The van der Waals surface area contributed by atoms with E-state index in [9.17, 15) is 9.59 Å². The van der Waals surface area contributed by atoms with Crippen molar-refractivity contribution in [1.29, 1.82) is 0 Å². The first-order valence-electron chi connectivity index (χ1n) is 8.99. The molecule has 7 heteroatoms. The van der Waals surface area contributed by atoms with Gasteiger partial charge in [-0.2, -0.15) is 0 Å². The molecule has 0 amide bonds. The van der Waals surface area contributed by atoms with Gasteiger partial charge in [-0.1, -0.05) is 26.0 Å². The predicted octanol–water partition coefficient (Wildman–Crippen LogP) is 2.90. The van der Waals surface area contributed by atoms with Gasteiger partial charge >= 0.3 is 5.69 Å². The zero-order valence-corrected chi connectivity index (χ0v) is 16.7. The summed E-state index contributed by atoms with van der Waals surface area (Å²) in [5.41, 5.74) is 1.56. The molecule has 0 aliphatic rings. The Labute approximate surface area is 160 Å². The molecule has 6 nitrogen and oxygen atoms in total. The number of thiophene rings is 1. The molecule has 140 valence electrons. The van der Waals surface area contributed by atoms with E-state index in [4.69, 9.17) is 4.98 Å². The fourth-order valence-corrected chi connectivity index (χ4v) is 4.59. The molecule has 0 fully saturated rings. The van der Waals surface area contributed by atoms with Crippen LogP contribution in [0, 0.1) is 5.92 Å². The molecule has 3 aromatic heterocycles. The third kappa shape index (κ3) is 2.92. The lowest BCUT2D eigenvalue weighted by Gasteiger charge is -2.11. The van der Waals surface area contributed by atoms with Crippen LogP contribution in [0.1, 0.15) is 24.5 Å². The lowest BCUT2D eigenvalue weighted by molar-refractivity contribution is 0.504. The van der Waals surface area contributed by atoms with Gasteiger partial charge in [0.1, 0.15) is 10.7 Å². The molecule has 0 radical (unpaired) electrons. The van der Waals surface area contributed by atoms with Gasteiger partial charge in [0.15, 0.2) is 0 Å². The monoisotopic (exact) mass is 382 g/mol. The molecule has 0 spiro atoms. The maximum Gasteiger partial charge on any atom is 0.331 e. The highest BCUT2D eigenvalue weighted by Gasteiger charge is 2.17. The molecule has 0 unspecified atom stereocenters. The van der Waals surface area contributed by atoms with E-state index in [0.717, 1.165) is 26.6 Å². The van der Waals surface area contributed by atoms with Crippen LogP contribution in [0.5, 0.6) is 0 Å². The first-order chi connectivity index (χ1) is 12.9. The van der Waals surface area contributed by atoms with Gasteiger partial charge in [0.05, 0.1) is 16.4 Å². The minimum Gasteiger partial charge on any atom is -0.331 e. The zero-order chi connectivity index (χ0) is 19.3. The van der Waals surface area contributed by atoms with Crippen LogP contribution in [0.25, 0.3) is 21.3 Å². The van der Waals surface area contributed by atoms with Crippen molar-refractivity contribution in [3.05, 3.63) is 61.9 Å². The molecule has 0 aliphatic carbocycles. The molecule has 27 heavy (non-hydrogen) atoms. The second-order valence-electron chi connectivity index (χ2n) is 7.34. The summed E-state index contributed by atoms with van der Waals surface area (Å²) in [6, 6.07) is 9.94. The first kappa shape index (κ1) is 17.7. The summed E-state index contributed by atoms with van der Waals surface area (Å²) in [6.45, 7) is 4.73. The molecular weight excluding hydrogens is 360 g/mol. The Morgan fingerprint density at radius 3 is 2.56 bits per heavy atom. The number of para-hydroxylation sites is 2. The topological polar surface area (TPSA) is 61.8 Å². The molecule has 0 aliphatic heterocycles. The van der Waals surface area contributed by atoms with E-state index in [1.165, 1.54) is 15.9 Å². The summed E-state index contributed by atoms with van der Waals surface area (Å²) >= 11 is 1.51. The number of hydrogen-bond acceptors (Lipinski definition) is 4. The molecule has 1 aromatic carbocycles. The highest BCUT2D eigenvalue weighted by molar-refractivity contribution is 7.18. The second kappa shape index (κ2) is 6.49. The fourth-order valence-electron chi connectivity index (χ4n) is 3.44. The van der Waals surface area contributed by atoms with Crippen LogP contribution in [0.4, 0.5) is 0 Å². The van der Waals surface area contributed by atoms with E-state index in [1.54, 1.807) is 11.6 Å². The summed E-state index contributed by atoms with van der Waals surface area (Å²) in [5.74, 6) is 1.26. The number of nitrogens with zero attached hydrogens (tertiary/aromatic N) is 4. The molecule has 0 bridgehead atoms. The number of rotatable bonds is 4. The van der Waals surface area contributed by atoms with Crippen molar-refractivity contribution in [2.75, 3.05) is 0 Å². The summed E-state index contributed by atoms with van der Waals surface area (Å²) < 4.78 is 5.01. The average molecular weight is 382 g/mol. The maximum absolute atomic E-state index is 12.6. The quantitative estimate of drug-likeness (QED) is 0.545. The first-order valence-corrected chi connectivity index (χ1v) is 9.81. The maximum atomic E-state index is 12.6. The van der Waals surface area contributed by atoms with Crippen molar-refractivity contribution in [2.24, 2.45) is 20.0 Å². The van der Waals surface area contributed by atoms with E-state index < -0.39 is 0 Å². The molecular formula is C20H22N4O2S. The van der Waals surface area contributed by atoms with Crippen LogP contribution < -0.4 is 11.2 Å². The average Bonchev–Trinajstić information content (AvgIpc) is 3.19. The Morgan fingerprint density at radius 1 is 1.11 bits per heavy atom. The molecule has 3 heterocycles. The smallest absolute Gasteiger partial charge is 0.331 e. The van der Waals surface area contributed by atoms with Crippen LogP contribution in [-0.2, 0) is 27.1 Å². The van der Waals surface area contributed by atoms with Crippen molar-refractivity contribution < 1.29 is 0 Å². The van der Waals surface area contributed by atoms with Gasteiger partial charge in [0, 0.05) is 31.9 Å². The van der Waals surface area contributed by atoms with Crippen LogP contribution in [-0.4, -0.2) is 18.7 Å². The van der Waals surface area contributed by atoms with Gasteiger partial charge in [0.2, 0.25) is 0 Å². The van der Waals surface area contributed by atoms with Crippen molar-refractivity contribution in [1.82, 2.24) is 18.7 Å². The molecule has 0 saturated carbocycles. The van der Waals surface area contributed by atoms with E-state index >= 15 is 0 Å². The van der Waals surface area contributed by atoms with Crippen molar-refractivity contribution >= 4 is 32.6 Å². The molecule has 0 saturated heterocycles. The summed E-state index contributed by atoms with van der Waals surface area (Å²) in [5, 5.41) is 0.608. The Balaban J connectivity index is 1.85. The number of hydrogen-bond donors (Lipinski definition) is 0. The molecule has 0 N–H and O–H groups in total. The fraction of sp³-hybridized carbons (Fsp3) is 0.350. The molecule has 0 atom stereocenters. The largest absolute Gasteiger partial charge is 0.331 e. The van der Waals surface area contributed by atoms with E-state index in [-0.39, 0.29) is 11.2 Å². The standard InChI is InChI=1S/C20H22N4O2S/c1-12(2)11-24-19-14(18(25)23(4)20(24)26)9-13(27-19)10-17-21-15-7-5-6-8-16(15)22(17)3/h5-9,12H,10-11H2,1-4H3. The minimum absolute atomic E-state index is 0.234. The van der Waals surface area contributed by atoms with Gasteiger partial charge in [-0.25, -0.2) is 9.78 Å². The Hall–Kier alpha value is -2.67. The number of imidazole rings is 1. The number of aryl methyl sites for hydroxylation is 1. The summed E-state index contributed by atoms with van der Waals surface area (Å²) in [4.78, 5) is 31.7. The van der Waals surface area contributed by atoms with Gasteiger partial charge < -0.3 is 4.57 Å². The lowest BCUT2D eigenvalue weighted by Crippen LogP contribution is -2.38. The Morgan fingerprint density at radius 2 is 1.85 bits per heavy atom. The van der Waals surface area contributed by atoms with Gasteiger partial charge in [0.25, 0.3) is 5.56 Å². The third-order valence-corrected chi connectivity index (χ3v) is 5.98. The Bertz CT molecular complexity index is 1270. The van der Waals surface area contributed by atoms with E-state index in [0.29, 0.717) is 24.3 Å². The van der Waals surface area contributed by atoms with Crippen molar-refractivity contribution in [3.63, 3.8) is 0 Å². The summed E-state index contributed by atoms with van der Waals surface area (Å²) in [6.07, 6.45) is 0.629. The molecule has 4 aromatic rings. The van der Waals surface area contributed by atoms with Crippen molar-refractivity contribution in [2.45, 2.75) is 26.8 Å². The van der Waals surface area contributed by atoms with E-state index in [2.05, 4.69) is 18.4 Å². The predicted molar refractivity (Wildman–Crippen MR) is 110 cm³/mol. The highest BCUT2D eigenvalue weighted by Crippen LogP contribution is 2.26. The van der Waals surface area contributed by atoms with Crippen LogP contribution in [0.3, 0.4) is 0 Å². The van der Waals surface area contributed by atoms with Crippen LogP contribution >= 0.6 is 11.3 Å². The van der Waals surface area contributed by atoms with E-state index in [1.807, 2.05) is 37.4 Å². The minimum atomic E-state index is -0.252. The lowest BCUT2D eigenvalue weighted by atomic mass is 10.2. The SMILES string of the molecule is CC(C)Cn1c(=O)n(C)c(=O)c2cc(Cc3nc4ccccc4n3C)sc21. The third-order valence-electron chi connectivity index (χ3n) is 4.82. The number of fused-ring (bicyclic) bond motifs is 2. The van der Waals surface area contributed by atoms with Crippen LogP contribution in [0.2, 0.25) is 0 Å². The number of benzene rings is 1. The number of aromatic nitrogens is 4.